The molecule has 0 saturated heterocycles. The average Bonchev–Trinajstić information content (AvgIpc) is 2.12. The third kappa shape index (κ3) is 31.3. The predicted molar refractivity (Wildman–Crippen MR) is 57.4 cm³/mol. The summed E-state index contributed by atoms with van der Waals surface area (Å²) in [4.78, 5) is 19.2. The molecule has 17 heavy (non-hydrogen) atoms. The van der Waals surface area contributed by atoms with Crippen molar-refractivity contribution in [3.05, 3.63) is 24.3 Å². The number of hydrogen-bond donors (Lipinski definition) is 2. The first-order chi connectivity index (χ1) is 7.25. The number of aliphatic carboxylic acids is 2. The number of rotatable bonds is 4. The van der Waals surface area contributed by atoms with Crippen LogP contribution in [0, 0.1) is 0 Å². The molecule has 6 nitrogen and oxygen atoms in total. The van der Waals surface area contributed by atoms with Gasteiger partial charge in [0.25, 0.3) is 0 Å². The maximum atomic E-state index is 9.59. The minimum Gasteiger partial charge on any atom is -0.545 e. The summed E-state index contributed by atoms with van der Waals surface area (Å²) in [5.74, 6) is -2.57. The van der Waals surface area contributed by atoms with Crippen molar-refractivity contribution in [2.45, 2.75) is 26.1 Å². The van der Waals surface area contributed by atoms with Crippen molar-refractivity contribution in [3.8, 4) is 0 Å². The molecule has 2 unspecified atom stereocenters. The van der Waals surface area contributed by atoms with E-state index in [2.05, 4.69) is 0 Å². The third-order valence-corrected chi connectivity index (χ3v) is 1.02. The molecule has 0 saturated carbocycles. The second-order valence-electron chi connectivity index (χ2n) is 2.84. The monoisotopic (exact) mass is 270 g/mol. The maximum absolute atomic E-state index is 9.59. The van der Waals surface area contributed by atoms with Gasteiger partial charge in [0.05, 0.1) is 24.1 Å². The smallest absolute Gasteiger partial charge is 0.545 e. The first-order valence-electron chi connectivity index (χ1n) is 4.40. The van der Waals surface area contributed by atoms with Crippen LogP contribution in [0.1, 0.15) is 13.8 Å². The number of carbonyl (C=O) groups is 2. The summed E-state index contributed by atoms with van der Waals surface area (Å²) in [6.45, 7) is 2.92. The van der Waals surface area contributed by atoms with Crippen molar-refractivity contribution in [1.29, 1.82) is 0 Å². The van der Waals surface area contributed by atoms with Crippen LogP contribution in [0.3, 0.4) is 0 Å². The number of hydrogen-bond acceptors (Lipinski definition) is 6. The van der Waals surface area contributed by atoms with Gasteiger partial charge in [-0.15, -0.1) is 0 Å². The molecule has 92 valence electrons. The molecule has 0 aromatic heterocycles. The van der Waals surface area contributed by atoms with Gasteiger partial charge >= 0.3 is 37.7 Å². The van der Waals surface area contributed by atoms with E-state index in [1.165, 1.54) is 13.8 Å². The molecular formula is C10H14CaO6. The minimum atomic E-state index is -1.29. The zero-order valence-electron chi connectivity index (χ0n) is 9.70. The van der Waals surface area contributed by atoms with Gasteiger partial charge in [-0.2, -0.15) is 0 Å². The summed E-state index contributed by atoms with van der Waals surface area (Å²) in [6.07, 6.45) is 2.43. The summed E-state index contributed by atoms with van der Waals surface area (Å²) < 4.78 is 0. The van der Waals surface area contributed by atoms with Crippen LogP contribution in [0.15, 0.2) is 24.3 Å². The van der Waals surface area contributed by atoms with Crippen molar-refractivity contribution >= 4 is 49.7 Å². The molecule has 0 rings (SSSR count). The van der Waals surface area contributed by atoms with Crippen LogP contribution in [-0.2, 0) is 9.59 Å². The van der Waals surface area contributed by atoms with E-state index in [9.17, 15) is 19.8 Å². The van der Waals surface area contributed by atoms with Gasteiger partial charge in [0.2, 0.25) is 0 Å². The Bertz CT molecular complexity index is 242. The molecule has 0 aliphatic rings. The molecular weight excluding hydrogens is 256 g/mol. The SMILES string of the molecule is CC(O)C=CC(=O)[O-].CC(O)C=CC(=O)[O-].[Ca+2]. The van der Waals surface area contributed by atoms with E-state index >= 15 is 0 Å². The number of carbonyl (C=O) groups excluding carboxylic acids is 2. The van der Waals surface area contributed by atoms with E-state index in [1.54, 1.807) is 0 Å². The van der Waals surface area contributed by atoms with E-state index in [4.69, 9.17) is 10.2 Å². The average molecular weight is 270 g/mol. The van der Waals surface area contributed by atoms with Crippen LogP contribution in [0.5, 0.6) is 0 Å². The van der Waals surface area contributed by atoms with Crippen LogP contribution in [-0.4, -0.2) is 72.1 Å². The van der Waals surface area contributed by atoms with Gasteiger partial charge in [-0.3, -0.25) is 0 Å². The van der Waals surface area contributed by atoms with E-state index in [-0.39, 0.29) is 37.7 Å². The van der Waals surface area contributed by atoms with E-state index in [0.717, 1.165) is 24.3 Å². The molecule has 2 atom stereocenters. The molecule has 0 amide bonds. The third-order valence-electron chi connectivity index (χ3n) is 1.02. The summed E-state index contributed by atoms with van der Waals surface area (Å²) in [7, 11) is 0. The first kappa shape index (κ1) is 21.8. The Balaban J connectivity index is -0.000000218. The molecule has 0 fully saturated rings. The number of carboxylic acid groups (broad SMARTS) is 2. The summed E-state index contributed by atoms with van der Waals surface area (Å²) in [5, 5.41) is 36.0. The Morgan fingerprint density at radius 3 is 1.24 bits per heavy atom. The molecule has 0 aromatic rings. The van der Waals surface area contributed by atoms with Crippen LogP contribution in [0.2, 0.25) is 0 Å². The van der Waals surface area contributed by atoms with Crippen molar-refractivity contribution in [2.75, 3.05) is 0 Å². The largest absolute Gasteiger partial charge is 2.00 e. The van der Waals surface area contributed by atoms with Gasteiger partial charge in [-0.25, -0.2) is 0 Å². The van der Waals surface area contributed by atoms with Gasteiger partial charge in [0.15, 0.2) is 0 Å². The van der Waals surface area contributed by atoms with E-state index in [0.29, 0.717) is 0 Å². The van der Waals surface area contributed by atoms with Crippen LogP contribution in [0.25, 0.3) is 0 Å². The van der Waals surface area contributed by atoms with Crippen molar-refractivity contribution in [3.63, 3.8) is 0 Å². The van der Waals surface area contributed by atoms with Gasteiger partial charge in [-0.1, -0.05) is 12.2 Å². The number of carboxylic acids is 2. The Morgan fingerprint density at radius 1 is 0.941 bits per heavy atom. The Kier molecular flexibility index (Phi) is 17.6. The van der Waals surface area contributed by atoms with Crippen molar-refractivity contribution in [1.82, 2.24) is 0 Å². The fourth-order valence-corrected chi connectivity index (χ4v) is 0.436. The maximum Gasteiger partial charge on any atom is 2.00 e. The molecule has 0 aliphatic carbocycles. The number of aliphatic hydroxyl groups is 2. The fraction of sp³-hybridized carbons (Fsp3) is 0.400. The van der Waals surface area contributed by atoms with Crippen molar-refractivity contribution < 1.29 is 30.0 Å². The molecule has 2 N–H and O–H groups in total. The zero-order chi connectivity index (χ0) is 13.1. The van der Waals surface area contributed by atoms with E-state index in [1.807, 2.05) is 0 Å². The molecule has 0 radical (unpaired) electrons. The molecule has 0 spiro atoms. The minimum absolute atomic E-state index is 0. The normalized spacial score (nSPS) is 13.4. The van der Waals surface area contributed by atoms with Gasteiger partial charge in [0, 0.05) is 0 Å². The Hall–Kier alpha value is -0.400. The summed E-state index contributed by atoms with van der Waals surface area (Å²) in [6, 6.07) is 0. The summed E-state index contributed by atoms with van der Waals surface area (Å²) >= 11 is 0. The van der Waals surface area contributed by atoms with Gasteiger partial charge in [0.1, 0.15) is 0 Å². The fourth-order valence-electron chi connectivity index (χ4n) is 0.436. The predicted octanol–water partition coefficient (Wildman–Crippen LogP) is -3.03. The van der Waals surface area contributed by atoms with Crippen LogP contribution in [0.4, 0.5) is 0 Å². The second kappa shape index (κ2) is 13.7. The standard InChI is InChI=1S/2C5H8O3.Ca/c2*1-4(6)2-3-5(7)8;/h2*2-4,6H,1H3,(H,7,8);/q;;+2/p-2. The number of aliphatic hydroxyl groups excluding tert-OH is 2. The second-order valence-corrected chi connectivity index (χ2v) is 2.84. The van der Waals surface area contributed by atoms with Crippen LogP contribution < -0.4 is 10.2 Å². The first-order valence-corrected chi connectivity index (χ1v) is 4.40. The van der Waals surface area contributed by atoms with Gasteiger partial charge in [-0.05, 0) is 26.0 Å². The van der Waals surface area contributed by atoms with E-state index < -0.39 is 24.1 Å². The molecule has 0 bridgehead atoms. The molecule has 0 aromatic carbocycles. The summed E-state index contributed by atoms with van der Waals surface area (Å²) in [5.41, 5.74) is 0. The van der Waals surface area contributed by atoms with Gasteiger partial charge < -0.3 is 30.0 Å². The topological polar surface area (TPSA) is 121 Å². The molecule has 0 aliphatic heterocycles. The Morgan fingerprint density at radius 2 is 1.18 bits per heavy atom. The Labute approximate surface area is 129 Å². The van der Waals surface area contributed by atoms with Crippen LogP contribution >= 0.6 is 0 Å². The quantitative estimate of drug-likeness (QED) is 0.414. The molecule has 0 heterocycles. The zero-order valence-corrected chi connectivity index (χ0v) is 11.9. The van der Waals surface area contributed by atoms with Crippen molar-refractivity contribution in [2.24, 2.45) is 0 Å². The molecule has 7 heteroatoms.